The maximum Gasteiger partial charge on any atom is 0.254 e. The number of H-pyrrole nitrogens is 1. The molecule has 7 nitrogen and oxygen atoms in total. The van der Waals surface area contributed by atoms with Crippen LogP contribution in [0.15, 0.2) is 47.4 Å². The van der Waals surface area contributed by atoms with Gasteiger partial charge in [0.2, 0.25) is 0 Å². The van der Waals surface area contributed by atoms with Crippen LogP contribution in [0.5, 0.6) is 0 Å². The number of anilines is 1. The van der Waals surface area contributed by atoms with Gasteiger partial charge in [-0.2, -0.15) is 0 Å². The number of aromatic amines is 1. The number of hydrogen-bond donors (Lipinski definition) is 1. The standard InChI is InChI=1S/C25H28N6O/c1-4-22-28-20-7-5-6-8-21(20)31(22)19-11-13-30(14-12-19)23-10-9-18(15-26-23)24-27-17(3)16(2)25(32)29-24/h5-10,15,19H,4,11-14H2,1-3H3,(H,27,29,32). The molecule has 0 amide bonds. The van der Waals surface area contributed by atoms with Crippen molar-refractivity contribution in [3.8, 4) is 11.4 Å². The molecule has 0 radical (unpaired) electrons. The number of rotatable bonds is 4. The Balaban J connectivity index is 1.33. The van der Waals surface area contributed by atoms with E-state index in [1.165, 1.54) is 11.3 Å². The number of aryl methyl sites for hydroxylation is 2. The van der Waals surface area contributed by atoms with Crippen molar-refractivity contribution >= 4 is 16.9 Å². The number of piperidine rings is 1. The summed E-state index contributed by atoms with van der Waals surface area (Å²) < 4.78 is 2.45. The Hall–Kier alpha value is -3.48. The van der Waals surface area contributed by atoms with Crippen LogP contribution in [0.3, 0.4) is 0 Å². The largest absolute Gasteiger partial charge is 0.356 e. The molecule has 1 aliphatic heterocycles. The Labute approximate surface area is 187 Å². The maximum absolute atomic E-state index is 12.1. The van der Waals surface area contributed by atoms with Crippen molar-refractivity contribution in [2.75, 3.05) is 18.0 Å². The molecule has 0 spiro atoms. The van der Waals surface area contributed by atoms with Gasteiger partial charge in [-0.05, 0) is 51.0 Å². The molecule has 4 aromatic rings. The highest BCUT2D eigenvalue weighted by Crippen LogP contribution is 2.31. The van der Waals surface area contributed by atoms with Gasteiger partial charge in [-0.15, -0.1) is 0 Å². The highest BCUT2D eigenvalue weighted by Gasteiger charge is 2.24. The van der Waals surface area contributed by atoms with Crippen LogP contribution in [0.4, 0.5) is 5.82 Å². The van der Waals surface area contributed by atoms with E-state index in [0.29, 0.717) is 17.4 Å². The van der Waals surface area contributed by atoms with Gasteiger partial charge in [0, 0.05) is 48.6 Å². The van der Waals surface area contributed by atoms with Gasteiger partial charge < -0.3 is 14.5 Å². The number of para-hydroxylation sites is 2. The Morgan fingerprint density at radius 1 is 1.06 bits per heavy atom. The fraction of sp³-hybridized carbons (Fsp3) is 0.360. The fourth-order valence-corrected chi connectivity index (χ4v) is 4.60. The first kappa shape index (κ1) is 20.4. The van der Waals surface area contributed by atoms with E-state index in [9.17, 15) is 4.79 Å². The molecule has 32 heavy (non-hydrogen) atoms. The third-order valence-corrected chi connectivity index (χ3v) is 6.55. The minimum absolute atomic E-state index is 0.0999. The van der Waals surface area contributed by atoms with E-state index in [1.807, 2.05) is 19.1 Å². The molecular formula is C25H28N6O. The van der Waals surface area contributed by atoms with Gasteiger partial charge in [0.25, 0.3) is 5.56 Å². The molecule has 1 aliphatic rings. The van der Waals surface area contributed by atoms with Crippen molar-refractivity contribution in [1.29, 1.82) is 0 Å². The van der Waals surface area contributed by atoms with Crippen molar-refractivity contribution in [2.24, 2.45) is 0 Å². The fourth-order valence-electron chi connectivity index (χ4n) is 4.60. The molecule has 1 fully saturated rings. The summed E-state index contributed by atoms with van der Waals surface area (Å²) in [6.45, 7) is 7.71. The normalized spacial score (nSPS) is 14.9. The lowest BCUT2D eigenvalue weighted by molar-refractivity contribution is 0.394. The van der Waals surface area contributed by atoms with E-state index in [1.54, 1.807) is 13.1 Å². The van der Waals surface area contributed by atoms with Crippen molar-refractivity contribution in [2.45, 2.75) is 46.1 Å². The zero-order valence-electron chi connectivity index (χ0n) is 18.8. The molecule has 0 atom stereocenters. The van der Waals surface area contributed by atoms with E-state index >= 15 is 0 Å². The summed E-state index contributed by atoms with van der Waals surface area (Å²) in [6.07, 6.45) is 4.85. The molecule has 0 unspecified atom stereocenters. The van der Waals surface area contributed by atoms with Gasteiger partial charge in [0.05, 0.1) is 11.0 Å². The topological polar surface area (TPSA) is 79.7 Å². The van der Waals surface area contributed by atoms with Gasteiger partial charge >= 0.3 is 0 Å². The minimum atomic E-state index is -0.0999. The predicted molar refractivity (Wildman–Crippen MR) is 127 cm³/mol. The molecule has 1 N–H and O–H groups in total. The third-order valence-electron chi connectivity index (χ3n) is 6.55. The lowest BCUT2D eigenvalue weighted by Crippen LogP contribution is -2.35. The van der Waals surface area contributed by atoms with Crippen molar-refractivity contribution in [3.63, 3.8) is 0 Å². The SMILES string of the molecule is CCc1nc2ccccc2n1C1CCN(c2ccc(-c3nc(C)c(C)c(=O)[nH]3)cn2)CC1. The van der Waals surface area contributed by atoms with Crippen LogP contribution in [-0.4, -0.2) is 37.6 Å². The summed E-state index contributed by atoms with van der Waals surface area (Å²) in [6, 6.07) is 12.9. The van der Waals surface area contributed by atoms with Crippen LogP contribution in [0.25, 0.3) is 22.4 Å². The number of pyridine rings is 1. The number of nitrogens with zero attached hydrogens (tertiary/aromatic N) is 5. The number of nitrogens with one attached hydrogen (secondary N) is 1. The summed E-state index contributed by atoms with van der Waals surface area (Å²) in [4.78, 5) is 31.3. The van der Waals surface area contributed by atoms with E-state index in [0.717, 1.165) is 54.9 Å². The van der Waals surface area contributed by atoms with Gasteiger partial charge in [-0.1, -0.05) is 19.1 Å². The molecule has 1 saturated heterocycles. The van der Waals surface area contributed by atoms with Crippen LogP contribution in [0, 0.1) is 13.8 Å². The van der Waals surface area contributed by atoms with E-state index in [-0.39, 0.29) is 5.56 Å². The number of benzene rings is 1. The molecule has 164 valence electrons. The summed E-state index contributed by atoms with van der Waals surface area (Å²) in [5, 5.41) is 0. The molecule has 1 aromatic carbocycles. The highest BCUT2D eigenvalue weighted by molar-refractivity contribution is 5.76. The predicted octanol–water partition coefficient (Wildman–Crippen LogP) is 4.20. The van der Waals surface area contributed by atoms with Crippen LogP contribution in [0.2, 0.25) is 0 Å². The van der Waals surface area contributed by atoms with E-state index < -0.39 is 0 Å². The molecule has 3 aromatic heterocycles. The molecule has 7 heteroatoms. The first-order valence-corrected chi connectivity index (χ1v) is 11.3. The first-order valence-electron chi connectivity index (χ1n) is 11.3. The number of hydrogen-bond acceptors (Lipinski definition) is 5. The second-order valence-corrected chi connectivity index (χ2v) is 8.49. The number of aromatic nitrogens is 5. The summed E-state index contributed by atoms with van der Waals surface area (Å²) in [5.41, 5.74) is 4.44. The van der Waals surface area contributed by atoms with Crippen LogP contribution in [0.1, 0.15) is 42.9 Å². The van der Waals surface area contributed by atoms with Gasteiger partial charge in [-0.25, -0.2) is 15.0 Å². The quantitative estimate of drug-likeness (QED) is 0.527. The Morgan fingerprint density at radius 2 is 1.84 bits per heavy atom. The summed E-state index contributed by atoms with van der Waals surface area (Å²) in [5.74, 6) is 2.70. The first-order chi connectivity index (χ1) is 15.5. The second-order valence-electron chi connectivity index (χ2n) is 8.49. The Kier molecular flexibility index (Phi) is 5.25. The zero-order chi connectivity index (χ0) is 22.2. The zero-order valence-corrected chi connectivity index (χ0v) is 18.8. The van der Waals surface area contributed by atoms with Gasteiger partial charge in [0.15, 0.2) is 0 Å². The highest BCUT2D eigenvalue weighted by atomic mass is 16.1. The average Bonchev–Trinajstić information content (AvgIpc) is 3.21. The average molecular weight is 429 g/mol. The van der Waals surface area contributed by atoms with Crippen LogP contribution in [-0.2, 0) is 6.42 Å². The van der Waals surface area contributed by atoms with Crippen LogP contribution < -0.4 is 10.5 Å². The number of fused-ring (bicyclic) bond motifs is 1. The van der Waals surface area contributed by atoms with Gasteiger partial charge in [-0.3, -0.25) is 4.79 Å². The van der Waals surface area contributed by atoms with Gasteiger partial charge in [0.1, 0.15) is 17.5 Å². The van der Waals surface area contributed by atoms with Crippen molar-refractivity contribution in [3.05, 3.63) is 70.0 Å². The Morgan fingerprint density at radius 3 is 2.53 bits per heavy atom. The number of imidazole rings is 1. The molecular weight excluding hydrogens is 400 g/mol. The molecule has 0 bridgehead atoms. The van der Waals surface area contributed by atoms with Crippen molar-refractivity contribution < 1.29 is 0 Å². The lowest BCUT2D eigenvalue weighted by atomic mass is 10.0. The monoisotopic (exact) mass is 428 g/mol. The smallest absolute Gasteiger partial charge is 0.254 e. The molecule has 0 saturated carbocycles. The third kappa shape index (κ3) is 3.57. The maximum atomic E-state index is 12.1. The summed E-state index contributed by atoms with van der Waals surface area (Å²) in [7, 11) is 0. The molecule has 5 rings (SSSR count). The second kappa shape index (κ2) is 8.22. The van der Waals surface area contributed by atoms with E-state index in [4.69, 9.17) is 4.98 Å². The lowest BCUT2D eigenvalue weighted by Gasteiger charge is -2.34. The van der Waals surface area contributed by atoms with E-state index in [2.05, 4.69) is 55.6 Å². The van der Waals surface area contributed by atoms with Crippen molar-refractivity contribution in [1.82, 2.24) is 24.5 Å². The summed E-state index contributed by atoms with van der Waals surface area (Å²) >= 11 is 0. The molecule has 0 aliphatic carbocycles. The molecule has 4 heterocycles. The Bertz CT molecular complexity index is 1310. The minimum Gasteiger partial charge on any atom is -0.356 e. The van der Waals surface area contributed by atoms with Crippen LogP contribution >= 0.6 is 0 Å².